The summed E-state index contributed by atoms with van der Waals surface area (Å²) in [4.78, 5) is 9.69. The van der Waals surface area contributed by atoms with Gasteiger partial charge in [0.2, 0.25) is 0 Å². The minimum Gasteiger partial charge on any atom is -0.507 e. The molecule has 0 bridgehead atoms. The van der Waals surface area contributed by atoms with Gasteiger partial charge in [-0.25, -0.2) is 9.97 Å². The molecule has 0 amide bonds. The molecule has 6 rings (SSSR count). The Morgan fingerprint density at radius 2 is 1.44 bits per heavy atom. The molecule has 0 radical (unpaired) electrons. The van der Waals surface area contributed by atoms with Gasteiger partial charge in [0.25, 0.3) is 0 Å². The molecule has 6 aromatic rings. The normalized spacial score (nSPS) is 11.5. The smallest absolute Gasteiger partial charge is 0.164 e. The number of phenols is 1. The van der Waals surface area contributed by atoms with Crippen LogP contribution in [0.15, 0.2) is 108 Å². The fraction of sp³-hybridized carbons (Fsp3) is 0.0968. The van der Waals surface area contributed by atoms with Gasteiger partial charge in [-0.3, -0.25) is 0 Å². The van der Waals surface area contributed by atoms with Crippen molar-refractivity contribution in [2.45, 2.75) is 24.1 Å². The van der Waals surface area contributed by atoms with Crippen molar-refractivity contribution in [1.29, 1.82) is 0 Å². The van der Waals surface area contributed by atoms with Gasteiger partial charge in [0, 0.05) is 27.3 Å². The van der Waals surface area contributed by atoms with Crippen molar-refractivity contribution < 1.29 is 5.11 Å². The SMILES string of the molecule is CC(C)Sc1cc(-c2ccc3c4ccccc4n(-c4ccccc4)c3c2)nc(-c2ccccc2O)n1. The number of aromatic hydroxyl groups is 1. The van der Waals surface area contributed by atoms with Gasteiger partial charge in [-0.2, -0.15) is 0 Å². The molecule has 2 heterocycles. The number of hydrogen-bond acceptors (Lipinski definition) is 4. The molecular formula is C31H25N3OS. The largest absolute Gasteiger partial charge is 0.507 e. The second-order valence-corrected chi connectivity index (χ2v) is 10.6. The summed E-state index contributed by atoms with van der Waals surface area (Å²) in [5.74, 6) is 0.701. The minimum atomic E-state index is 0.176. The zero-order valence-electron chi connectivity index (χ0n) is 20.1. The number of benzene rings is 4. The fourth-order valence-corrected chi connectivity index (χ4v) is 5.44. The number of phenolic OH excluding ortho intramolecular Hbond substituents is 1. The van der Waals surface area contributed by atoms with Crippen molar-refractivity contribution >= 4 is 33.6 Å². The number of thioether (sulfide) groups is 1. The van der Waals surface area contributed by atoms with Crippen LogP contribution in [-0.2, 0) is 0 Å². The standard InChI is InChI=1S/C31H25N3OS/c1-20(2)36-30-19-26(32-31(33-30)25-13-7-9-15-29(25)35)21-16-17-24-23-12-6-8-14-27(23)34(28(24)18-21)22-10-4-3-5-11-22/h3-20,35H,1-2H3. The molecule has 1 N–H and O–H groups in total. The third-order valence-electron chi connectivity index (χ3n) is 6.19. The zero-order valence-corrected chi connectivity index (χ0v) is 20.9. The van der Waals surface area contributed by atoms with E-state index in [4.69, 9.17) is 9.97 Å². The van der Waals surface area contributed by atoms with E-state index in [1.807, 2.05) is 30.3 Å². The molecule has 0 aliphatic carbocycles. The molecule has 0 aliphatic heterocycles. The monoisotopic (exact) mass is 487 g/mol. The molecule has 0 saturated heterocycles. The second kappa shape index (κ2) is 9.17. The lowest BCUT2D eigenvalue weighted by molar-refractivity contribution is 0.477. The Kier molecular flexibility index (Phi) is 5.70. The first-order valence-electron chi connectivity index (χ1n) is 12.0. The Morgan fingerprint density at radius 1 is 0.722 bits per heavy atom. The summed E-state index contributed by atoms with van der Waals surface area (Å²) in [7, 11) is 0. The number of fused-ring (bicyclic) bond motifs is 3. The van der Waals surface area contributed by atoms with Crippen molar-refractivity contribution in [3.8, 4) is 34.1 Å². The topological polar surface area (TPSA) is 50.9 Å². The maximum atomic E-state index is 10.5. The van der Waals surface area contributed by atoms with Gasteiger partial charge >= 0.3 is 0 Å². The molecule has 0 unspecified atom stereocenters. The predicted molar refractivity (Wildman–Crippen MR) is 150 cm³/mol. The van der Waals surface area contributed by atoms with Crippen molar-refractivity contribution in [2.75, 3.05) is 0 Å². The third-order valence-corrected chi connectivity index (χ3v) is 7.11. The molecule has 176 valence electrons. The van der Waals surface area contributed by atoms with Gasteiger partial charge in [-0.15, -0.1) is 11.8 Å². The Morgan fingerprint density at radius 3 is 2.25 bits per heavy atom. The van der Waals surface area contributed by atoms with Crippen LogP contribution in [-0.4, -0.2) is 24.9 Å². The second-order valence-electron chi connectivity index (χ2n) is 9.02. The Bertz CT molecular complexity index is 1710. The van der Waals surface area contributed by atoms with Gasteiger partial charge in [0.15, 0.2) is 5.82 Å². The highest BCUT2D eigenvalue weighted by atomic mass is 32.2. The van der Waals surface area contributed by atoms with Gasteiger partial charge < -0.3 is 9.67 Å². The average Bonchev–Trinajstić information content (AvgIpc) is 3.22. The molecule has 4 nitrogen and oxygen atoms in total. The van der Waals surface area contributed by atoms with E-state index in [1.165, 1.54) is 16.3 Å². The molecule has 4 aromatic carbocycles. The summed E-state index contributed by atoms with van der Waals surface area (Å²) >= 11 is 1.69. The van der Waals surface area contributed by atoms with Crippen molar-refractivity contribution in [2.24, 2.45) is 0 Å². The van der Waals surface area contributed by atoms with Gasteiger partial charge in [-0.1, -0.05) is 74.5 Å². The van der Waals surface area contributed by atoms with Crippen LogP contribution in [0.3, 0.4) is 0 Å². The van der Waals surface area contributed by atoms with E-state index in [2.05, 4.69) is 85.1 Å². The van der Waals surface area contributed by atoms with Crippen molar-refractivity contribution in [3.05, 3.63) is 103 Å². The van der Waals surface area contributed by atoms with E-state index < -0.39 is 0 Å². The summed E-state index contributed by atoms with van der Waals surface area (Å²) in [6.45, 7) is 4.30. The van der Waals surface area contributed by atoms with Crippen LogP contribution in [0.2, 0.25) is 0 Å². The predicted octanol–water partition coefficient (Wildman–Crippen LogP) is 8.11. The summed E-state index contributed by atoms with van der Waals surface area (Å²) in [5, 5.41) is 14.2. The number of aromatic nitrogens is 3. The Labute approximate surface area is 214 Å². The van der Waals surface area contributed by atoms with Crippen LogP contribution >= 0.6 is 11.8 Å². The van der Waals surface area contributed by atoms with E-state index in [-0.39, 0.29) is 5.75 Å². The molecule has 0 saturated carbocycles. The van der Waals surface area contributed by atoms with E-state index in [1.54, 1.807) is 17.8 Å². The van der Waals surface area contributed by atoms with Crippen LogP contribution < -0.4 is 0 Å². The maximum Gasteiger partial charge on any atom is 0.164 e. The lowest BCUT2D eigenvalue weighted by atomic mass is 10.1. The van der Waals surface area contributed by atoms with E-state index in [9.17, 15) is 5.11 Å². The van der Waals surface area contributed by atoms with Crippen LogP contribution in [0.4, 0.5) is 0 Å². The molecule has 0 aliphatic rings. The van der Waals surface area contributed by atoms with Gasteiger partial charge in [-0.05, 0) is 42.5 Å². The van der Waals surface area contributed by atoms with E-state index in [0.29, 0.717) is 16.6 Å². The quantitative estimate of drug-likeness (QED) is 0.197. The third kappa shape index (κ3) is 4.01. The summed E-state index contributed by atoms with van der Waals surface area (Å²) in [6.07, 6.45) is 0. The average molecular weight is 488 g/mol. The van der Waals surface area contributed by atoms with E-state index in [0.717, 1.165) is 27.5 Å². The summed E-state index contributed by atoms with van der Waals surface area (Å²) in [5.41, 5.74) is 5.88. The summed E-state index contributed by atoms with van der Waals surface area (Å²) < 4.78 is 2.31. The molecule has 0 atom stereocenters. The lowest BCUT2D eigenvalue weighted by Crippen LogP contribution is -1.98. The van der Waals surface area contributed by atoms with Crippen molar-refractivity contribution in [1.82, 2.24) is 14.5 Å². The molecule has 5 heteroatoms. The molecular weight excluding hydrogens is 462 g/mol. The molecule has 0 fully saturated rings. The van der Waals surface area contributed by atoms with Crippen LogP contribution in [0.5, 0.6) is 5.75 Å². The van der Waals surface area contributed by atoms with Gasteiger partial charge in [0.1, 0.15) is 10.8 Å². The first-order chi connectivity index (χ1) is 17.6. The Balaban J connectivity index is 1.59. The number of nitrogens with zero attached hydrogens (tertiary/aromatic N) is 3. The minimum absolute atomic E-state index is 0.176. The molecule has 0 spiro atoms. The lowest BCUT2D eigenvalue weighted by Gasteiger charge is -2.12. The summed E-state index contributed by atoms with van der Waals surface area (Å²) in [6, 6.07) is 34.8. The Hall–Kier alpha value is -4.09. The van der Waals surface area contributed by atoms with E-state index >= 15 is 0 Å². The first-order valence-corrected chi connectivity index (χ1v) is 12.9. The molecule has 36 heavy (non-hydrogen) atoms. The number of rotatable bonds is 5. The van der Waals surface area contributed by atoms with Crippen LogP contribution in [0.25, 0.3) is 50.1 Å². The highest BCUT2D eigenvalue weighted by molar-refractivity contribution is 7.99. The highest BCUT2D eigenvalue weighted by Gasteiger charge is 2.16. The van der Waals surface area contributed by atoms with Crippen LogP contribution in [0.1, 0.15) is 13.8 Å². The van der Waals surface area contributed by atoms with Gasteiger partial charge in [0.05, 0.1) is 22.3 Å². The molecule has 2 aromatic heterocycles. The van der Waals surface area contributed by atoms with Crippen LogP contribution in [0, 0.1) is 0 Å². The number of hydrogen-bond donors (Lipinski definition) is 1. The maximum absolute atomic E-state index is 10.5. The zero-order chi connectivity index (χ0) is 24.6. The first kappa shape index (κ1) is 22.4. The fourth-order valence-electron chi connectivity index (χ4n) is 4.64. The highest BCUT2D eigenvalue weighted by Crippen LogP contribution is 2.36. The van der Waals surface area contributed by atoms with Crippen molar-refractivity contribution in [3.63, 3.8) is 0 Å². The number of para-hydroxylation sites is 3.